The van der Waals surface area contributed by atoms with Crippen molar-refractivity contribution in [2.45, 2.75) is 31.8 Å². The normalized spacial score (nSPS) is 18.1. The third-order valence-electron chi connectivity index (χ3n) is 4.65. The zero-order valence-electron chi connectivity index (χ0n) is 12.7. The van der Waals surface area contributed by atoms with E-state index in [4.69, 9.17) is 0 Å². The van der Waals surface area contributed by atoms with Crippen LogP contribution in [0, 0.1) is 0 Å². The highest BCUT2D eigenvalue weighted by Crippen LogP contribution is 2.25. The standard InChI is InChI=1S/C19H21N3/c1-3-17(14-20-9-1)16-6-5-15-7-11-22(19(15)13-16)12-8-18-4-2-10-21-18/h1,3,5-7,9,11,13-14,18,21H,2,4,8,10,12H2. The summed E-state index contributed by atoms with van der Waals surface area (Å²) in [6.45, 7) is 2.26. The predicted molar refractivity (Wildman–Crippen MR) is 90.8 cm³/mol. The molecular formula is C19H21N3. The molecule has 0 spiro atoms. The lowest BCUT2D eigenvalue weighted by Crippen LogP contribution is -2.22. The zero-order chi connectivity index (χ0) is 14.8. The Morgan fingerprint density at radius 3 is 3.00 bits per heavy atom. The molecule has 1 fully saturated rings. The van der Waals surface area contributed by atoms with Crippen LogP contribution in [0.4, 0.5) is 0 Å². The Kier molecular flexibility index (Phi) is 3.65. The van der Waals surface area contributed by atoms with Crippen molar-refractivity contribution in [1.29, 1.82) is 0 Å². The van der Waals surface area contributed by atoms with Crippen LogP contribution in [0.25, 0.3) is 22.0 Å². The number of fused-ring (bicyclic) bond motifs is 1. The minimum absolute atomic E-state index is 0.693. The second-order valence-electron chi connectivity index (χ2n) is 6.11. The molecule has 1 atom stereocenters. The van der Waals surface area contributed by atoms with Crippen molar-refractivity contribution in [2.75, 3.05) is 6.54 Å². The summed E-state index contributed by atoms with van der Waals surface area (Å²) in [5.41, 5.74) is 3.73. The SMILES string of the molecule is c1cncc(-c2ccc3ccn(CCC4CCCN4)c3c2)c1. The number of hydrogen-bond donors (Lipinski definition) is 1. The van der Waals surface area contributed by atoms with E-state index in [0.717, 1.165) is 6.54 Å². The summed E-state index contributed by atoms with van der Waals surface area (Å²) in [7, 11) is 0. The highest BCUT2D eigenvalue weighted by Gasteiger charge is 2.14. The van der Waals surface area contributed by atoms with Gasteiger partial charge in [0.2, 0.25) is 0 Å². The molecule has 3 nitrogen and oxygen atoms in total. The lowest BCUT2D eigenvalue weighted by molar-refractivity contribution is 0.511. The molecule has 1 aliphatic heterocycles. The highest BCUT2D eigenvalue weighted by molar-refractivity contribution is 5.85. The van der Waals surface area contributed by atoms with Crippen LogP contribution in [0.15, 0.2) is 55.0 Å². The zero-order valence-corrected chi connectivity index (χ0v) is 12.7. The van der Waals surface area contributed by atoms with Crippen LogP contribution < -0.4 is 5.32 Å². The number of rotatable bonds is 4. The summed E-state index contributed by atoms with van der Waals surface area (Å²) in [6, 6.07) is 13.7. The highest BCUT2D eigenvalue weighted by atomic mass is 15.0. The Bertz CT molecular complexity index is 755. The molecule has 2 aromatic heterocycles. The fourth-order valence-corrected chi connectivity index (χ4v) is 3.39. The first-order chi connectivity index (χ1) is 10.9. The largest absolute Gasteiger partial charge is 0.347 e. The first kappa shape index (κ1) is 13.5. The molecule has 0 radical (unpaired) electrons. The minimum Gasteiger partial charge on any atom is -0.347 e. The fourth-order valence-electron chi connectivity index (χ4n) is 3.39. The molecule has 3 heteroatoms. The van der Waals surface area contributed by atoms with E-state index in [-0.39, 0.29) is 0 Å². The van der Waals surface area contributed by atoms with E-state index in [1.54, 1.807) is 0 Å². The molecule has 3 aromatic rings. The number of benzene rings is 1. The Morgan fingerprint density at radius 2 is 2.18 bits per heavy atom. The van der Waals surface area contributed by atoms with Gasteiger partial charge >= 0.3 is 0 Å². The van der Waals surface area contributed by atoms with Crippen molar-refractivity contribution in [1.82, 2.24) is 14.9 Å². The summed E-state index contributed by atoms with van der Waals surface area (Å²) in [5, 5.41) is 4.89. The maximum absolute atomic E-state index is 4.22. The van der Waals surface area contributed by atoms with Gasteiger partial charge in [0, 0.05) is 42.3 Å². The van der Waals surface area contributed by atoms with Gasteiger partial charge in [0.25, 0.3) is 0 Å². The van der Waals surface area contributed by atoms with E-state index < -0.39 is 0 Å². The molecule has 4 rings (SSSR count). The third kappa shape index (κ3) is 2.64. The van der Waals surface area contributed by atoms with Gasteiger partial charge in [0.15, 0.2) is 0 Å². The van der Waals surface area contributed by atoms with Crippen molar-refractivity contribution < 1.29 is 0 Å². The van der Waals surface area contributed by atoms with Crippen molar-refractivity contribution >= 4 is 10.9 Å². The first-order valence-electron chi connectivity index (χ1n) is 8.13. The predicted octanol–water partition coefficient (Wildman–Crippen LogP) is 3.85. The molecular weight excluding hydrogens is 270 g/mol. The molecule has 112 valence electrons. The summed E-state index contributed by atoms with van der Waals surface area (Å²) in [5.74, 6) is 0. The maximum Gasteiger partial charge on any atom is 0.0486 e. The number of nitrogens with zero attached hydrogens (tertiary/aromatic N) is 2. The van der Waals surface area contributed by atoms with Crippen LogP contribution in [0.5, 0.6) is 0 Å². The van der Waals surface area contributed by atoms with Gasteiger partial charge < -0.3 is 9.88 Å². The Labute approximate surface area is 131 Å². The van der Waals surface area contributed by atoms with Crippen molar-refractivity contribution in [3.63, 3.8) is 0 Å². The molecule has 1 unspecified atom stereocenters. The maximum atomic E-state index is 4.22. The van der Waals surface area contributed by atoms with Gasteiger partial charge in [0.1, 0.15) is 0 Å². The van der Waals surface area contributed by atoms with Crippen LogP contribution in [0.1, 0.15) is 19.3 Å². The van der Waals surface area contributed by atoms with Crippen LogP contribution in [0.2, 0.25) is 0 Å². The van der Waals surface area contributed by atoms with E-state index in [1.165, 1.54) is 47.8 Å². The van der Waals surface area contributed by atoms with Gasteiger partial charge in [-0.3, -0.25) is 4.98 Å². The average Bonchev–Trinajstić information content (AvgIpc) is 3.23. The number of pyridine rings is 1. The lowest BCUT2D eigenvalue weighted by Gasteiger charge is -2.12. The van der Waals surface area contributed by atoms with Crippen LogP contribution >= 0.6 is 0 Å². The van der Waals surface area contributed by atoms with Crippen LogP contribution in [-0.4, -0.2) is 22.1 Å². The average molecular weight is 291 g/mol. The number of hydrogen-bond acceptors (Lipinski definition) is 2. The number of aryl methyl sites for hydroxylation is 1. The molecule has 0 bridgehead atoms. The van der Waals surface area contributed by atoms with Crippen LogP contribution in [-0.2, 0) is 6.54 Å². The fraction of sp³-hybridized carbons (Fsp3) is 0.316. The molecule has 0 saturated carbocycles. The first-order valence-corrected chi connectivity index (χ1v) is 8.13. The van der Waals surface area contributed by atoms with E-state index in [0.29, 0.717) is 6.04 Å². The monoisotopic (exact) mass is 291 g/mol. The Hall–Kier alpha value is -2.13. The Morgan fingerprint density at radius 1 is 1.18 bits per heavy atom. The molecule has 0 aliphatic carbocycles. The van der Waals surface area contributed by atoms with E-state index in [1.807, 2.05) is 18.5 Å². The van der Waals surface area contributed by atoms with Crippen molar-refractivity contribution in [2.24, 2.45) is 0 Å². The van der Waals surface area contributed by atoms with Gasteiger partial charge in [-0.15, -0.1) is 0 Å². The van der Waals surface area contributed by atoms with E-state index in [9.17, 15) is 0 Å². The van der Waals surface area contributed by atoms with Gasteiger partial charge in [-0.05, 0) is 55.0 Å². The van der Waals surface area contributed by atoms with E-state index in [2.05, 4.69) is 51.4 Å². The van der Waals surface area contributed by atoms with Crippen molar-refractivity contribution in [3.8, 4) is 11.1 Å². The number of aromatic nitrogens is 2. The summed E-state index contributed by atoms with van der Waals surface area (Å²) < 4.78 is 2.38. The smallest absolute Gasteiger partial charge is 0.0486 e. The van der Waals surface area contributed by atoms with Gasteiger partial charge in [0.05, 0.1) is 0 Å². The summed E-state index contributed by atoms with van der Waals surface area (Å²) >= 11 is 0. The summed E-state index contributed by atoms with van der Waals surface area (Å²) in [6.07, 6.45) is 9.81. The molecule has 0 amide bonds. The van der Waals surface area contributed by atoms with Gasteiger partial charge in [-0.1, -0.05) is 18.2 Å². The lowest BCUT2D eigenvalue weighted by atomic mass is 10.1. The molecule has 1 N–H and O–H groups in total. The second kappa shape index (κ2) is 5.93. The third-order valence-corrected chi connectivity index (χ3v) is 4.65. The van der Waals surface area contributed by atoms with Gasteiger partial charge in [-0.2, -0.15) is 0 Å². The molecule has 1 aromatic carbocycles. The minimum atomic E-state index is 0.693. The Balaban J connectivity index is 1.62. The van der Waals surface area contributed by atoms with E-state index >= 15 is 0 Å². The molecule has 3 heterocycles. The van der Waals surface area contributed by atoms with Gasteiger partial charge in [-0.25, -0.2) is 0 Å². The number of nitrogens with one attached hydrogen (secondary N) is 1. The van der Waals surface area contributed by atoms with Crippen molar-refractivity contribution in [3.05, 3.63) is 55.0 Å². The summed E-state index contributed by atoms with van der Waals surface area (Å²) in [4.78, 5) is 4.22. The molecule has 22 heavy (non-hydrogen) atoms. The molecule has 1 aliphatic rings. The quantitative estimate of drug-likeness (QED) is 0.791. The topological polar surface area (TPSA) is 29.9 Å². The molecule has 1 saturated heterocycles. The van der Waals surface area contributed by atoms with Crippen LogP contribution in [0.3, 0.4) is 0 Å². The second-order valence-corrected chi connectivity index (χ2v) is 6.11.